The van der Waals surface area contributed by atoms with E-state index in [4.69, 9.17) is 4.99 Å². The zero-order valence-electron chi connectivity index (χ0n) is 19.5. The van der Waals surface area contributed by atoms with Crippen LogP contribution in [0.25, 0.3) is 6.08 Å². The van der Waals surface area contributed by atoms with Crippen molar-refractivity contribution in [2.45, 2.75) is 13.5 Å². The number of guanidine groups is 1. The summed E-state index contributed by atoms with van der Waals surface area (Å²) >= 11 is 0. The Bertz CT molecular complexity index is 898. The minimum Gasteiger partial charge on any atom is -0.357 e. The SMILES string of the molecule is CCNC(=NCc1ccc(C(=O)N(C)C)cc1)N1CCN(C/C=C/c2ccccc2)CC1. The van der Waals surface area contributed by atoms with Gasteiger partial charge in [0, 0.05) is 58.9 Å². The predicted molar refractivity (Wildman–Crippen MR) is 133 cm³/mol. The van der Waals surface area contributed by atoms with Gasteiger partial charge >= 0.3 is 0 Å². The molecule has 2 aromatic carbocycles. The van der Waals surface area contributed by atoms with E-state index in [1.165, 1.54) is 5.56 Å². The first kappa shape index (κ1) is 23.5. The summed E-state index contributed by atoms with van der Waals surface area (Å²) < 4.78 is 0. The molecule has 0 unspecified atom stereocenters. The van der Waals surface area contributed by atoms with Crippen molar-refractivity contribution in [1.82, 2.24) is 20.0 Å². The molecule has 6 nitrogen and oxygen atoms in total. The number of piperazine rings is 1. The third-order valence-corrected chi connectivity index (χ3v) is 5.50. The number of hydrogen-bond donors (Lipinski definition) is 1. The van der Waals surface area contributed by atoms with Gasteiger partial charge < -0.3 is 15.1 Å². The predicted octanol–water partition coefficient (Wildman–Crippen LogP) is 3.18. The van der Waals surface area contributed by atoms with Crippen LogP contribution in [0.15, 0.2) is 65.7 Å². The number of carbonyl (C=O) groups is 1. The second-order valence-corrected chi connectivity index (χ2v) is 8.17. The van der Waals surface area contributed by atoms with Crippen molar-refractivity contribution in [3.05, 3.63) is 77.4 Å². The highest BCUT2D eigenvalue weighted by Crippen LogP contribution is 2.09. The lowest BCUT2D eigenvalue weighted by Crippen LogP contribution is -2.52. The Kier molecular flexibility index (Phi) is 8.87. The normalized spacial score (nSPS) is 15.2. The number of aliphatic imine (C=N–C) groups is 1. The molecule has 0 aromatic heterocycles. The molecule has 0 aliphatic carbocycles. The van der Waals surface area contributed by atoms with Crippen molar-refractivity contribution in [3.8, 4) is 0 Å². The monoisotopic (exact) mass is 433 g/mol. The van der Waals surface area contributed by atoms with Gasteiger partial charge in [-0.3, -0.25) is 9.69 Å². The number of nitrogens with zero attached hydrogens (tertiary/aromatic N) is 4. The van der Waals surface area contributed by atoms with Gasteiger partial charge in [0.25, 0.3) is 5.91 Å². The average Bonchev–Trinajstić information content (AvgIpc) is 2.83. The first-order chi connectivity index (χ1) is 15.6. The fourth-order valence-corrected chi connectivity index (χ4v) is 3.65. The Labute approximate surface area is 192 Å². The van der Waals surface area contributed by atoms with Crippen molar-refractivity contribution in [2.75, 3.05) is 53.4 Å². The molecule has 1 aliphatic rings. The number of benzene rings is 2. The summed E-state index contributed by atoms with van der Waals surface area (Å²) in [5.74, 6) is 0.977. The molecular weight excluding hydrogens is 398 g/mol. The molecule has 1 heterocycles. The molecule has 0 radical (unpaired) electrons. The molecule has 0 bridgehead atoms. The molecule has 170 valence electrons. The van der Waals surface area contributed by atoms with Crippen molar-refractivity contribution in [2.24, 2.45) is 4.99 Å². The molecule has 0 atom stereocenters. The lowest BCUT2D eigenvalue weighted by molar-refractivity contribution is 0.0827. The second kappa shape index (κ2) is 12.1. The molecule has 1 saturated heterocycles. The minimum atomic E-state index is 0.0184. The number of carbonyl (C=O) groups excluding carboxylic acids is 1. The minimum absolute atomic E-state index is 0.0184. The highest BCUT2D eigenvalue weighted by atomic mass is 16.2. The van der Waals surface area contributed by atoms with Crippen LogP contribution in [0.4, 0.5) is 0 Å². The average molecular weight is 434 g/mol. The maximum absolute atomic E-state index is 12.1. The van der Waals surface area contributed by atoms with Crippen molar-refractivity contribution in [1.29, 1.82) is 0 Å². The molecular formula is C26H35N5O. The molecule has 2 aromatic rings. The second-order valence-electron chi connectivity index (χ2n) is 8.17. The first-order valence-corrected chi connectivity index (χ1v) is 11.3. The topological polar surface area (TPSA) is 51.2 Å². The van der Waals surface area contributed by atoms with E-state index in [0.29, 0.717) is 12.1 Å². The van der Waals surface area contributed by atoms with E-state index < -0.39 is 0 Å². The maximum Gasteiger partial charge on any atom is 0.253 e. The van der Waals surface area contributed by atoms with Gasteiger partial charge in [0.2, 0.25) is 0 Å². The van der Waals surface area contributed by atoms with Crippen LogP contribution in [0.2, 0.25) is 0 Å². The lowest BCUT2D eigenvalue weighted by Gasteiger charge is -2.36. The van der Waals surface area contributed by atoms with Gasteiger partial charge in [-0.1, -0.05) is 54.6 Å². The van der Waals surface area contributed by atoms with Gasteiger partial charge in [-0.25, -0.2) is 4.99 Å². The molecule has 0 saturated carbocycles. The van der Waals surface area contributed by atoms with Gasteiger partial charge in [-0.05, 0) is 30.2 Å². The van der Waals surface area contributed by atoms with Crippen LogP contribution in [0.1, 0.15) is 28.4 Å². The van der Waals surface area contributed by atoms with Crippen LogP contribution < -0.4 is 5.32 Å². The molecule has 6 heteroatoms. The Balaban J connectivity index is 1.51. The van der Waals surface area contributed by atoms with Gasteiger partial charge in [0.1, 0.15) is 0 Å². The fourth-order valence-electron chi connectivity index (χ4n) is 3.65. The van der Waals surface area contributed by atoms with Gasteiger partial charge in [-0.15, -0.1) is 0 Å². The lowest BCUT2D eigenvalue weighted by atomic mass is 10.1. The summed E-state index contributed by atoms with van der Waals surface area (Å²) in [6.45, 7) is 8.46. The van der Waals surface area contributed by atoms with Crippen molar-refractivity contribution < 1.29 is 4.79 Å². The number of nitrogens with one attached hydrogen (secondary N) is 1. The van der Waals surface area contributed by atoms with Gasteiger partial charge in [-0.2, -0.15) is 0 Å². The fraction of sp³-hybridized carbons (Fsp3) is 0.385. The molecule has 1 amide bonds. The zero-order chi connectivity index (χ0) is 22.8. The van der Waals surface area contributed by atoms with Crippen LogP contribution in [0, 0.1) is 0 Å². The van der Waals surface area contributed by atoms with Crippen LogP contribution in [0.3, 0.4) is 0 Å². The molecule has 0 spiro atoms. The smallest absolute Gasteiger partial charge is 0.253 e. The Morgan fingerprint density at radius 3 is 2.34 bits per heavy atom. The summed E-state index contributed by atoms with van der Waals surface area (Å²) in [5.41, 5.74) is 3.04. The van der Waals surface area contributed by atoms with E-state index in [0.717, 1.165) is 50.8 Å². The van der Waals surface area contributed by atoms with E-state index in [2.05, 4.69) is 58.5 Å². The highest BCUT2D eigenvalue weighted by Gasteiger charge is 2.18. The third kappa shape index (κ3) is 6.95. The van der Waals surface area contributed by atoms with Gasteiger partial charge in [0.15, 0.2) is 5.96 Å². The Morgan fingerprint density at radius 2 is 1.72 bits per heavy atom. The number of hydrogen-bond acceptors (Lipinski definition) is 3. The van der Waals surface area contributed by atoms with E-state index in [1.807, 2.05) is 30.3 Å². The van der Waals surface area contributed by atoms with E-state index in [1.54, 1.807) is 19.0 Å². The molecule has 1 N–H and O–H groups in total. The summed E-state index contributed by atoms with van der Waals surface area (Å²) in [6.07, 6.45) is 4.43. The summed E-state index contributed by atoms with van der Waals surface area (Å²) in [4.78, 5) is 23.3. The van der Waals surface area contributed by atoms with Crippen LogP contribution in [-0.2, 0) is 6.54 Å². The van der Waals surface area contributed by atoms with Crippen LogP contribution in [-0.4, -0.2) is 79.9 Å². The van der Waals surface area contributed by atoms with Crippen LogP contribution in [0.5, 0.6) is 0 Å². The third-order valence-electron chi connectivity index (χ3n) is 5.50. The Hall–Kier alpha value is -3.12. The molecule has 1 aliphatic heterocycles. The van der Waals surface area contributed by atoms with E-state index >= 15 is 0 Å². The Morgan fingerprint density at radius 1 is 1.03 bits per heavy atom. The number of amides is 1. The standard InChI is InChI=1S/C26H35N5O/c1-4-27-26(28-21-23-12-14-24(15-13-23)25(32)29(2)3)31-19-17-30(18-20-31)16-8-11-22-9-6-5-7-10-22/h5-15H,4,16-21H2,1-3H3,(H,27,28)/b11-8+. The van der Waals surface area contributed by atoms with E-state index in [9.17, 15) is 4.79 Å². The zero-order valence-corrected chi connectivity index (χ0v) is 19.5. The summed E-state index contributed by atoms with van der Waals surface area (Å²) in [7, 11) is 3.53. The first-order valence-electron chi connectivity index (χ1n) is 11.3. The maximum atomic E-state index is 12.1. The van der Waals surface area contributed by atoms with Crippen LogP contribution >= 0.6 is 0 Å². The quantitative estimate of drug-likeness (QED) is 0.538. The molecule has 1 fully saturated rings. The molecule has 3 rings (SSSR count). The summed E-state index contributed by atoms with van der Waals surface area (Å²) in [6, 6.07) is 18.2. The molecule has 32 heavy (non-hydrogen) atoms. The van der Waals surface area contributed by atoms with Gasteiger partial charge in [0.05, 0.1) is 6.54 Å². The van der Waals surface area contributed by atoms with Crippen molar-refractivity contribution in [3.63, 3.8) is 0 Å². The van der Waals surface area contributed by atoms with Crippen molar-refractivity contribution >= 4 is 17.9 Å². The summed E-state index contributed by atoms with van der Waals surface area (Å²) in [5, 5.41) is 3.43. The number of rotatable bonds is 7. The van der Waals surface area contributed by atoms with E-state index in [-0.39, 0.29) is 5.91 Å². The largest absolute Gasteiger partial charge is 0.357 e. The highest BCUT2D eigenvalue weighted by molar-refractivity contribution is 5.93.